The van der Waals surface area contributed by atoms with Crippen LogP contribution >= 0.6 is 11.6 Å². The van der Waals surface area contributed by atoms with E-state index in [-0.39, 0.29) is 0 Å². The van der Waals surface area contributed by atoms with Gasteiger partial charge in [0.2, 0.25) is 5.88 Å². The van der Waals surface area contributed by atoms with E-state index in [9.17, 15) is 0 Å². The minimum atomic E-state index is 0.630. The lowest BCUT2D eigenvalue weighted by Crippen LogP contribution is -2.16. The molecule has 0 saturated heterocycles. The lowest BCUT2D eigenvalue weighted by atomic mass is 10.2. The molecule has 0 aliphatic heterocycles. The molecule has 6 heteroatoms. The van der Waals surface area contributed by atoms with Gasteiger partial charge in [0.25, 0.3) is 0 Å². The molecule has 0 radical (unpaired) electrons. The van der Waals surface area contributed by atoms with Crippen LogP contribution in [0.15, 0.2) is 24.5 Å². The number of imidazole rings is 1. The van der Waals surface area contributed by atoms with Crippen molar-refractivity contribution >= 4 is 11.6 Å². The molecule has 0 fully saturated rings. The Labute approximate surface area is 111 Å². The molecule has 0 spiro atoms. The van der Waals surface area contributed by atoms with E-state index in [4.69, 9.17) is 16.3 Å². The summed E-state index contributed by atoms with van der Waals surface area (Å²) in [6.45, 7) is 1.31. The first-order valence-electron chi connectivity index (χ1n) is 5.57. The predicted molar refractivity (Wildman–Crippen MR) is 69.6 cm³/mol. The van der Waals surface area contributed by atoms with Gasteiger partial charge < -0.3 is 14.6 Å². The smallest absolute Gasteiger partial charge is 0.217 e. The van der Waals surface area contributed by atoms with E-state index in [0.29, 0.717) is 24.1 Å². The number of rotatable bonds is 5. The maximum atomic E-state index is 5.92. The highest BCUT2D eigenvalue weighted by Gasteiger charge is 2.05. The van der Waals surface area contributed by atoms with Crippen molar-refractivity contribution in [3.05, 3.63) is 41.1 Å². The molecule has 0 aromatic carbocycles. The van der Waals surface area contributed by atoms with Gasteiger partial charge in [-0.25, -0.2) is 9.97 Å². The molecule has 1 N–H and O–H groups in total. The fourth-order valence-corrected chi connectivity index (χ4v) is 1.79. The number of aromatic nitrogens is 3. The van der Waals surface area contributed by atoms with E-state index in [0.717, 1.165) is 11.4 Å². The molecule has 0 bridgehead atoms. The number of halogens is 1. The van der Waals surface area contributed by atoms with Crippen molar-refractivity contribution in [2.75, 3.05) is 7.11 Å². The molecule has 2 aromatic heterocycles. The van der Waals surface area contributed by atoms with Crippen LogP contribution < -0.4 is 10.1 Å². The van der Waals surface area contributed by atoms with E-state index in [1.807, 2.05) is 23.7 Å². The van der Waals surface area contributed by atoms with Crippen molar-refractivity contribution in [2.45, 2.75) is 13.1 Å². The summed E-state index contributed by atoms with van der Waals surface area (Å²) in [7, 11) is 3.50. The Hall–Kier alpha value is -1.59. The third kappa shape index (κ3) is 2.80. The van der Waals surface area contributed by atoms with E-state index in [1.165, 1.54) is 0 Å². The van der Waals surface area contributed by atoms with Gasteiger partial charge in [-0.1, -0.05) is 17.7 Å². The zero-order valence-electron chi connectivity index (χ0n) is 10.4. The number of hydrogen-bond acceptors (Lipinski definition) is 4. The number of nitrogens with one attached hydrogen (secondary N) is 1. The maximum absolute atomic E-state index is 5.92. The molecule has 0 amide bonds. The summed E-state index contributed by atoms with van der Waals surface area (Å²) in [6, 6.07) is 3.86. The van der Waals surface area contributed by atoms with Crippen LogP contribution in [0.4, 0.5) is 0 Å². The summed E-state index contributed by atoms with van der Waals surface area (Å²) < 4.78 is 7.03. The van der Waals surface area contributed by atoms with Gasteiger partial charge in [0, 0.05) is 25.4 Å². The van der Waals surface area contributed by atoms with Crippen LogP contribution in [0, 0.1) is 0 Å². The Morgan fingerprint density at radius 3 is 2.89 bits per heavy atom. The first-order valence-corrected chi connectivity index (χ1v) is 5.95. The molecule has 2 aromatic rings. The summed E-state index contributed by atoms with van der Waals surface area (Å²) in [6.07, 6.45) is 3.35. The molecule has 0 unspecified atom stereocenters. The first-order chi connectivity index (χ1) is 8.72. The molecule has 0 atom stereocenters. The van der Waals surface area contributed by atoms with Crippen molar-refractivity contribution in [1.29, 1.82) is 0 Å². The van der Waals surface area contributed by atoms with Crippen LogP contribution in [-0.4, -0.2) is 21.6 Å². The Morgan fingerprint density at radius 1 is 1.39 bits per heavy atom. The van der Waals surface area contributed by atoms with Gasteiger partial charge >= 0.3 is 0 Å². The molecular formula is C12H15ClN4O. The Kier molecular flexibility index (Phi) is 4.17. The maximum Gasteiger partial charge on any atom is 0.217 e. The van der Waals surface area contributed by atoms with Crippen LogP contribution in [0.3, 0.4) is 0 Å². The SMILES string of the molecule is COc1ncccc1CNCc1ncc(Cl)n1C. The number of methoxy groups -OCH3 is 1. The first kappa shape index (κ1) is 12.9. The number of nitrogens with zero attached hydrogens (tertiary/aromatic N) is 3. The molecular weight excluding hydrogens is 252 g/mol. The second kappa shape index (κ2) is 5.84. The van der Waals surface area contributed by atoms with Gasteiger partial charge in [0.1, 0.15) is 11.0 Å². The fraction of sp³-hybridized carbons (Fsp3) is 0.333. The van der Waals surface area contributed by atoms with Gasteiger partial charge in [-0.2, -0.15) is 0 Å². The Balaban J connectivity index is 1.94. The molecule has 0 aliphatic carbocycles. The van der Waals surface area contributed by atoms with Crippen LogP contribution in [0.5, 0.6) is 5.88 Å². The zero-order valence-corrected chi connectivity index (χ0v) is 11.1. The monoisotopic (exact) mass is 266 g/mol. The third-order valence-electron chi connectivity index (χ3n) is 2.67. The Morgan fingerprint density at radius 2 is 2.22 bits per heavy atom. The summed E-state index contributed by atoms with van der Waals surface area (Å²) in [5.41, 5.74) is 1.01. The quantitative estimate of drug-likeness (QED) is 0.896. The second-order valence-electron chi connectivity index (χ2n) is 3.83. The zero-order chi connectivity index (χ0) is 13.0. The normalized spacial score (nSPS) is 10.6. The predicted octanol–water partition coefficient (Wildman–Crippen LogP) is 1.77. The molecule has 96 valence electrons. The fourth-order valence-electron chi connectivity index (χ4n) is 1.64. The van der Waals surface area contributed by atoms with Gasteiger partial charge in [0.05, 0.1) is 19.9 Å². The van der Waals surface area contributed by atoms with Crippen molar-refractivity contribution in [2.24, 2.45) is 7.05 Å². The standard InChI is InChI=1S/C12H15ClN4O/c1-17-10(13)7-16-11(17)8-14-6-9-4-3-5-15-12(9)18-2/h3-5,7,14H,6,8H2,1-2H3. The van der Waals surface area contributed by atoms with E-state index >= 15 is 0 Å². The lowest BCUT2D eigenvalue weighted by molar-refractivity contribution is 0.390. The number of hydrogen-bond donors (Lipinski definition) is 1. The van der Waals surface area contributed by atoms with E-state index in [2.05, 4.69) is 15.3 Å². The van der Waals surface area contributed by atoms with E-state index < -0.39 is 0 Å². The molecule has 0 saturated carbocycles. The van der Waals surface area contributed by atoms with Gasteiger partial charge in [-0.05, 0) is 6.07 Å². The lowest BCUT2D eigenvalue weighted by Gasteiger charge is -2.08. The molecule has 2 rings (SSSR count). The summed E-state index contributed by atoms with van der Waals surface area (Å²) in [5, 5.41) is 3.92. The number of ether oxygens (including phenoxy) is 1. The minimum Gasteiger partial charge on any atom is -0.481 e. The third-order valence-corrected chi connectivity index (χ3v) is 3.02. The highest BCUT2D eigenvalue weighted by molar-refractivity contribution is 6.29. The van der Waals surface area contributed by atoms with Crippen LogP contribution in [0.1, 0.15) is 11.4 Å². The van der Waals surface area contributed by atoms with Crippen molar-refractivity contribution in [1.82, 2.24) is 19.9 Å². The highest BCUT2D eigenvalue weighted by Crippen LogP contribution is 2.13. The summed E-state index contributed by atoms with van der Waals surface area (Å²) in [5.74, 6) is 1.53. The van der Waals surface area contributed by atoms with Crippen LogP contribution in [0.25, 0.3) is 0 Å². The summed E-state index contributed by atoms with van der Waals surface area (Å²) >= 11 is 5.92. The molecule has 18 heavy (non-hydrogen) atoms. The second-order valence-corrected chi connectivity index (χ2v) is 4.22. The van der Waals surface area contributed by atoms with Gasteiger partial charge in [-0.15, -0.1) is 0 Å². The van der Waals surface area contributed by atoms with E-state index in [1.54, 1.807) is 19.5 Å². The van der Waals surface area contributed by atoms with Crippen LogP contribution in [-0.2, 0) is 20.1 Å². The average molecular weight is 267 g/mol. The van der Waals surface area contributed by atoms with Crippen molar-refractivity contribution in [3.63, 3.8) is 0 Å². The summed E-state index contributed by atoms with van der Waals surface area (Å²) in [4.78, 5) is 8.35. The molecule has 2 heterocycles. The minimum absolute atomic E-state index is 0.630. The van der Waals surface area contributed by atoms with Crippen LogP contribution in [0.2, 0.25) is 5.15 Å². The van der Waals surface area contributed by atoms with Gasteiger partial charge in [-0.3, -0.25) is 0 Å². The highest BCUT2D eigenvalue weighted by atomic mass is 35.5. The van der Waals surface area contributed by atoms with Crippen molar-refractivity contribution in [3.8, 4) is 5.88 Å². The average Bonchev–Trinajstić information content (AvgIpc) is 2.71. The largest absolute Gasteiger partial charge is 0.481 e. The number of pyridine rings is 1. The van der Waals surface area contributed by atoms with Crippen molar-refractivity contribution < 1.29 is 4.74 Å². The molecule has 0 aliphatic rings. The molecule has 5 nitrogen and oxygen atoms in total. The topological polar surface area (TPSA) is 52.0 Å². The Bertz CT molecular complexity index is 527. The van der Waals surface area contributed by atoms with Gasteiger partial charge in [0.15, 0.2) is 0 Å².